The van der Waals surface area contributed by atoms with E-state index in [0.717, 1.165) is 23.3 Å². The lowest BCUT2D eigenvalue weighted by molar-refractivity contribution is 0.103. The van der Waals surface area contributed by atoms with Gasteiger partial charge in [0.2, 0.25) is 5.78 Å². The first-order valence-electron chi connectivity index (χ1n) is 9.47. The summed E-state index contributed by atoms with van der Waals surface area (Å²) in [4.78, 5) is 20.1. The number of halogens is 2. The van der Waals surface area contributed by atoms with E-state index in [4.69, 9.17) is 15.2 Å². The zero-order valence-corrected chi connectivity index (χ0v) is 16.6. The lowest BCUT2D eigenvalue weighted by Crippen LogP contribution is -2.09. The number of pyridine rings is 1. The molecule has 0 fully saturated rings. The van der Waals surface area contributed by atoms with E-state index in [1.807, 2.05) is 24.3 Å². The first-order chi connectivity index (χ1) is 15.0. The minimum absolute atomic E-state index is 0.104. The van der Waals surface area contributed by atoms with Crippen molar-refractivity contribution >= 4 is 22.5 Å². The van der Waals surface area contributed by atoms with E-state index in [9.17, 15) is 13.6 Å². The summed E-state index contributed by atoms with van der Waals surface area (Å²) in [6.45, 7) is 0.927. The minimum Gasteiger partial charge on any atom is -0.491 e. The number of anilines is 1. The molecule has 31 heavy (non-hydrogen) atoms. The van der Waals surface area contributed by atoms with Crippen LogP contribution < -0.4 is 10.5 Å². The third-order valence-corrected chi connectivity index (χ3v) is 4.87. The number of nitrogens with two attached hydrogens (primary N) is 1. The fourth-order valence-corrected chi connectivity index (χ4v) is 3.25. The number of nitrogens with one attached hydrogen (secondary N) is 1. The van der Waals surface area contributed by atoms with Crippen molar-refractivity contribution in [1.29, 1.82) is 0 Å². The number of fused-ring (bicyclic) bond motifs is 1. The number of aromatic amines is 1. The first kappa shape index (κ1) is 20.5. The van der Waals surface area contributed by atoms with Crippen LogP contribution in [0.2, 0.25) is 0 Å². The van der Waals surface area contributed by atoms with Crippen LogP contribution in [0.5, 0.6) is 5.75 Å². The van der Waals surface area contributed by atoms with Crippen molar-refractivity contribution in [3.05, 3.63) is 77.6 Å². The Labute approximate surface area is 176 Å². The van der Waals surface area contributed by atoms with Crippen LogP contribution in [0.1, 0.15) is 15.9 Å². The molecule has 0 aliphatic heterocycles. The Hall–Kier alpha value is -3.78. The van der Waals surface area contributed by atoms with Crippen LogP contribution in [0.15, 0.2) is 54.9 Å². The van der Waals surface area contributed by atoms with Crippen LogP contribution >= 0.6 is 0 Å². The molecule has 0 amide bonds. The number of benzene rings is 2. The summed E-state index contributed by atoms with van der Waals surface area (Å²) in [6, 6.07) is 11.1. The van der Waals surface area contributed by atoms with Gasteiger partial charge in [0, 0.05) is 36.0 Å². The van der Waals surface area contributed by atoms with Gasteiger partial charge in [-0.3, -0.25) is 4.79 Å². The topological polar surface area (TPSA) is 90.2 Å². The van der Waals surface area contributed by atoms with Crippen molar-refractivity contribution in [1.82, 2.24) is 9.97 Å². The zero-order chi connectivity index (χ0) is 22.0. The van der Waals surface area contributed by atoms with Gasteiger partial charge in [0.1, 0.15) is 23.8 Å². The number of H-pyrrole nitrogens is 1. The maximum absolute atomic E-state index is 14.4. The van der Waals surface area contributed by atoms with E-state index in [1.165, 1.54) is 6.20 Å². The standard InChI is InChI=1S/C23H19F2N3O3/c1-30-8-9-31-15-4-2-13(3-5-15)14-10-16-17(12-28-23(16)27-11-14)22(29)20-18(24)6-7-19(26)21(20)25/h2-7,10-12H,8-9,26H2,1H3,(H,27,28). The van der Waals surface area contributed by atoms with Crippen molar-refractivity contribution in [2.45, 2.75) is 0 Å². The number of ketones is 1. The maximum Gasteiger partial charge on any atom is 0.201 e. The van der Waals surface area contributed by atoms with Crippen molar-refractivity contribution in [3.63, 3.8) is 0 Å². The van der Waals surface area contributed by atoms with Crippen molar-refractivity contribution in [2.75, 3.05) is 26.1 Å². The van der Waals surface area contributed by atoms with Crippen LogP contribution in [0.4, 0.5) is 14.5 Å². The average molecular weight is 423 g/mol. The second kappa shape index (κ2) is 8.53. The van der Waals surface area contributed by atoms with Crippen LogP contribution in [0, 0.1) is 11.6 Å². The molecular weight excluding hydrogens is 404 g/mol. The Morgan fingerprint density at radius 1 is 1.10 bits per heavy atom. The van der Waals surface area contributed by atoms with Crippen LogP contribution in [-0.4, -0.2) is 36.1 Å². The highest BCUT2D eigenvalue weighted by Crippen LogP contribution is 2.29. The quantitative estimate of drug-likeness (QED) is 0.262. The molecule has 8 heteroatoms. The molecule has 0 atom stereocenters. The molecule has 0 saturated carbocycles. The Bertz CT molecular complexity index is 1250. The largest absolute Gasteiger partial charge is 0.491 e. The molecular formula is C23H19F2N3O3. The summed E-state index contributed by atoms with van der Waals surface area (Å²) < 4.78 is 39.1. The molecule has 0 aliphatic rings. The van der Waals surface area contributed by atoms with Gasteiger partial charge in [0.15, 0.2) is 5.82 Å². The number of carbonyl (C=O) groups is 1. The third-order valence-electron chi connectivity index (χ3n) is 4.87. The van der Waals surface area contributed by atoms with E-state index >= 15 is 0 Å². The lowest BCUT2D eigenvalue weighted by atomic mass is 10.00. The van der Waals surface area contributed by atoms with Gasteiger partial charge in [-0.25, -0.2) is 13.8 Å². The van der Waals surface area contributed by atoms with Gasteiger partial charge in [0.05, 0.1) is 17.9 Å². The molecule has 0 aliphatic carbocycles. The minimum atomic E-state index is -1.08. The second-order valence-corrected chi connectivity index (χ2v) is 6.84. The molecule has 4 rings (SSSR count). The summed E-state index contributed by atoms with van der Waals surface area (Å²) in [5.74, 6) is -2.17. The van der Waals surface area contributed by atoms with Crippen LogP contribution in [0.25, 0.3) is 22.2 Å². The van der Waals surface area contributed by atoms with Crippen LogP contribution in [-0.2, 0) is 4.74 Å². The maximum atomic E-state index is 14.4. The Balaban J connectivity index is 1.69. The highest BCUT2D eigenvalue weighted by molar-refractivity contribution is 6.16. The van der Waals surface area contributed by atoms with Gasteiger partial charge in [-0.15, -0.1) is 0 Å². The number of nitrogens with zero attached hydrogens (tertiary/aromatic N) is 1. The van der Waals surface area contributed by atoms with Gasteiger partial charge >= 0.3 is 0 Å². The molecule has 0 radical (unpaired) electrons. The molecule has 2 aromatic heterocycles. The molecule has 2 aromatic carbocycles. The van der Waals surface area contributed by atoms with Gasteiger partial charge in [-0.2, -0.15) is 0 Å². The van der Waals surface area contributed by atoms with Gasteiger partial charge in [0.25, 0.3) is 0 Å². The number of hydrogen-bond acceptors (Lipinski definition) is 5. The monoisotopic (exact) mass is 423 g/mol. The van der Waals surface area contributed by atoms with Gasteiger partial charge < -0.3 is 20.2 Å². The second-order valence-electron chi connectivity index (χ2n) is 6.84. The molecule has 0 spiro atoms. The van der Waals surface area contributed by atoms with Gasteiger partial charge in [-0.05, 0) is 35.9 Å². The smallest absolute Gasteiger partial charge is 0.201 e. The fourth-order valence-electron chi connectivity index (χ4n) is 3.25. The number of hydrogen-bond donors (Lipinski definition) is 2. The van der Waals surface area contributed by atoms with E-state index in [1.54, 1.807) is 19.4 Å². The number of methoxy groups -OCH3 is 1. The average Bonchev–Trinajstić information content (AvgIpc) is 3.20. The van der Waals surface area contributed by atoms with Crippen molar-refractivity contribution < 1.29 is 23.0 Å². The van der Waals surface area contributed by atoms with E-state index in [-0.39, 0.29) is 11.3 Å². The molecule has 3 N–H and O–H groups in total. The van der Waals surface area contributed by atoms with E-state index in [0.29, 0.717) is 30.0 Å². The summed E-state index contributed by atoms with van der Waals surface area (Å²) in [5.41, 5.74) is 6.63. The highest BCUT2D eigenvalue weighted by Gasteiger charge is 2.24. The van der Waals surface area contributed by atoms with Crippen molar-refractivity contribution in [3.8, 4) is 16.9 Å². The molecule has 6 nitrogen and oxygen atoms in total. The predicted octanol–water partition coefficient (Wildman–Crippen LogP) is 4.35. The number of rotatable bonds is 7. The molecule has 158 valence electrons. The Kier molecular flexibility index (Phi) is 5.64. The summed E-state index contributed by atoms with van der Waals surface area (Å²) in [5, 5.41) is 0.448. The lowest BCUT2D eigenvalue weighted by Gasteiger charge is -2.08. The molecule has 0 bridgehead atoms. The number of ether oxygens (including phenoxy) is 2. The number of carbonyl (C=O) groups excluding carboxylic acids is 1. The van der Waals surface area contributed by atoms with E-state index < -0.39 is 23.0 Å². The van der Waals surface area contributed by atoms with Crippen LogP contribution in [0.3, 0.4) is 0 Å². The summed E-state index contributed by atoms with van der Waals surface area (Å²) in [7, 11) is 1.60. The predicted molar refractivity (Wildman–Crippen MR) is 113 cm³/mol. The summed E-state index contributed by atoms with van der Waals surface area (Å²) in [6.07, 6.45) is 3.04. The Morgan fingerprint density at radius 3 is 2.61 bits per heavy atom. The molecule has 2 heterocycles. The Morgan fingerprint density at radius 2 is 1.87 bits per heavy atom. The molecule has 0 unspecified atom stereocenters. The fraction of sp³-hybridized carbons (Fsp3) is 0.130. The number of nitrogen functional groups attached to an aromatic ring is 1. The van der Waals surface area contributed by atoms with Gasteiger partial charge in [-0.1, -0.05) is 12.1 Å². The molecule has 0 saturated heterocycles. The van der Waals surface area contributed by atoms with Crippen molar-refractivity contribution in [2.24, 2.45) is 0 Å². The van der Waals surface area contributed by atoms with E-state index in [2.05, 4.69) is 9.97 Å². The normalized spacial score (nSPS) is 11.1. The SMILES string of the molecule is COCCOc1ccc(-c2cnc3[nH]cc(C(=O)c4c(F)ccc(N)c4F)c3c2)cc1. The zero-order valence-electron chi connectivity index (χ0n) is 16.6. The number of aromatic nitrogens is 2. The molecule has 4 aromatic rings. The highest BCUT2D eigenvalue weighted by atomic mass is 19.1. The third kappa shape index (κ3) is 3.97. The summed E-state index contributed by atoms with van der Waals surface area (Å²) >= 11 is 0. The first-order valence-corrected chi connectivity index (χ1v) is 9.47.